The number of hydrogen-bond donors (Lipinski definition) is 1. The van der Waals surface area contributed by atoms with E-state index in [9.17, 15) is 9.90 Å². The molecule has 1 aliphatic rings. The number of esters is 1. The second-order valence-corrected chi connectivity index (χ2v) is 4.08. The van der Waals surface area contributed by atoms with Gasteiger partial charge in [-0.25, -0.2) is 4.79 Å². The number of hydrogen-bond acceptors (Lipinski definition) is 4. The summed E-state index contributed by atoms with van der Waals surface area (Å²) in [6, 6.07) is 8.79. The molecule has 1 saturated heterocycles. The molecule has 0 amide bonds. The monoisotopic (exact) mass is 236 g/mol. The maximum Gasteiger partial charge on any atom is 0.338 e. The van der Waals surface area contributed by atoms with Gasteiger partial charge < -0.3 is 14.6 Å². The van der Waals surface area contributed by atoms with E-state index < -0.39 is 12.2 Å². The van der Waals surface area contributed by atoms with Crippen molar-refractivity contribution < 1.29 is 19.4 Å². The van der Waals surface area contributed by atoms with Crippen LogP contribution in [0.25, 0.3) is 0 Å². The number of ether oxygens (including phenoxy) is 2. The van der Waals surface area contributed by atoms with Crippen molar-refractivity contribution in [2.75, 3.05) is 13.2 Å². The van der Waals surface area contributed by atoms with Crippen LogP contribution in [-0.2, 0) is 9.47 Å². The molecule has 92 valence electrons. The van der Waals surface area contributed by atoms with E-state index in [0.29, 0.717) is 18.6 Å². The Balaban J connectivity index is 1.84. The summed E-state index contributed by atoms with van der Waals surface area (Å²) in [5, 5.41) is 9.64. The molecule has 0 unspecified atom stereocenters. The number of benzene rings is 1. The molecule has 1 N–H and O–H groups in total. The predicted octanol–water partition coefficient (Wildman–Crippen LogP) is 1.38. The summed E-state index contributed by atoms with van der Waals surface area (Å²) in [5.74, 6) is -0.382. The van der Waals surface area contributed by atoms with Crippen LogP contribution in [0, 0.1) is 0 Å². The molecule has 1 aromatic carbocycles. The zero-order valence-corrected chi connectivity index (χ0v) is 9.54. The average molecular weight is 236 g/mol. The number of rotatable bonds is 3. The maximum atomic E-state index is 11.6. The highest BCUT2D eigenvalue weighted by Crippen LogP contribution is 2.14. The summed E-state index contributed by atoms with van der Waals surface area (Å²) in [7, 11) is 0. The molecule has 2 rings (SSSR count). The molecule has 0 aliphatic carbocycles. The van der Waals surface area contributed by atoms with Crippen LogP contribution < -0.4 is 0 Å². The summed E-state index contributed by atoms with van der Waals surface area (Å²) in [4.78, 5) is 11.6. The normalized spacial score (nSPS) is 24.3. The van der Waals surface area contributed by atoms with Crippen LogP contribution in [-0.4, -0.2) is 36.5 Å². The summed E-state index contributed by atoms with van der Waals surface area (Å²) in [6.45, 7) is 0.722. The summed E-state index contributed by atoms with van der Waals surface area (Å²) < 4.78 is 10.5. The van der Waals surface area contributed by atoms with Gasteiger partial charge in [0.05, 0.1) is 11.7 Å². The molecule has 17 heavy (non-hydrogen) atoms. The molecule has 0 aromatic heterocycles. The van der Waals surface area contributed by atoms with Crippen molar-refractivity contribution in [3.05, 3.63) is 35.9 Å². The lowest BCUT2D eigenvalue weighted by Gasteiger charge is -2.27. The van der Waals surface area contributed by atoms with Crippen molar-refractivity contribution in [2.45, 2.75) is 25.0 Å². The van der Waals surface area contributed by atoms with Gasteiger partial charge in [0.15, 0.2) is 0 Å². The van der Waals surface area contributed by atoms with E-state index in [-0.39, 0.29) is 12.6 Å². The van der Waals surface area contributed by atoms with Crippen molar-refractivity contribution in [1.82, 2.24) is 0 Å². The van der Waals surface area contributed by atoms with Crippen molar-refractivity contribution >= 4 is 5.97 Å². The Morgan fingerprint density at radius 1 is 1.41 bits per heavy atom. The standard InChI is InChI=1S/C13H16O4/c14-11-7-4-8-16-12(11)9-17-13(15)10-5-2-1-3-6-10/h1-3,5-6,11-12,14H,4,7-9H2/t11-,12+/m0/s1. The molecular formula is C13H16O4. The first-order valence-electron chi connectivity index (χ1n) is 5.79. The van der Waals surface area contributed by atoms with Gasteiger partial charge in [-0.3, -0.25) is 0 Å². The van der Waals surface area contributed by atoms with Crippen LogP contribution >= 0.6 is 0 Å². The molecule has 1 aromatic rings. The lowest BCUT2D eigenvalue weighted by molar-refractivity contribution is -0.0974. The van der Waals surface area contributed by atoms with Gasteiger partial charge in [0.1, 0.15) is 12.7 Å². The molecule has 0 spiro atoms. The molecule has 1 fully saturated rings. The Morgan fingerprint density at radius 2 is 2.18 bits per heavy atom. The minimum Gasteiger partial charge on any atom is -0.459 e. The van der Waals surface area contributed by atoms with Gasteiger partial charge in [0.25, 0.3) is 0 Å². The lowest BCUT2D eigenvalue weighted by atomic mass is 10.1. The molecule has 1 heterocycles. The van der Waals surface area contributed by atoms with Crippen LogP contribution in [0.15, 0.2) is 30.3 Å². The fourth-order valence-electron chi connectivity index (χ4n) is 1.80. The van der Waals surface area contributed by atoms with Gasteiger partial charge in [-0.05, 0) is 25.0 Å². The van der Waals surface area contributed by atoms with Crippen molar-refractivity contribution in [3.63, 3.8) is 0 Å². The van der Waals surface area contributed by atoms with Crippen LogP contribution in [0.2, 0.25) is 0 Å². The molecule has 0 saturated carbocycles. The summed E-state index contributed by atoms with van der Waals surface area (Å²) >= 11 is 0. The van der Waals surface area contributed by atoms with Crippen LogP contribution in [0.3, 0.4) is 0 Å². The average Bonchev–Trinajstić information content (AvgIpc) is 2.38. The predicted molar refractivity (Wildman–Crippen MR) is 61.7 cm³/mol. The topological polar surface area (TPSA) is 55.8 Å². The molecule has 0 radical (unpaired) electrons. The van der Waals surface area contributed by atoms with Crippen molar-refractivity contribution in [2.24, 2.45) is 0 Å². The largest absolute Gasteiger partial charge is 0.459 e. The van der Waals surface area contributed by atoms with Crippen LogP contribution in [0.5, 0.6) is 0 Å². The van der Waals surface area contributed by atoms with E-state index >= 15 is 0 Å². The molecule has 4 nitrogen and oxygen atoms in total. The lowest BCUT2D eigenvalue weighted by Crippen LogP contribution is -2.38. The zero-order valence-electron chi connectivity index (χ0n) is 9.54. The zero-order chi connectivity index (χ0) is 12.1. The number of aliphatic hydroxyl groups is 1. The fraction of sp³-hybridized carbons (Fsp3) is 0.462. The number of aliphatic hydroxyl groups excluding tert-OH is 1. The van der Waals surface area contributed by atoms with Gasteiger partial charge in [0.2, 0.25) is 0 Å². The third-order valence-electron chi connectivity index (χ3n) is 2.79. The molecule has 0 bridgehead atoms. The number of carbonyl (C=O) groups excluding carboxylic acids is 1. The Morgan fingerprint density at radius 3 is 2.88 bits per heavy atom. The third kappa shape index (κ3) is 3.28. The van der Waals surface area contributed by atoms with Crippen LogP contribution in [0.1, 0.15) is 23.2 Å². The van der Waals surface area contributed by atoms with E-state index in [1.54, 1.807) is 24.3 Å². The minimum atomic E-state index is -0.535. The van der Waals surface area contributed by atoms with E-state index in [2.05, 4.69) is 0 Å². The number of carbonyl (C=O) groups is 1. The molecule has 2 atom stereocenters. The Bertz CT molecular complexity index is 363. The first kappa shape index (κ1) is 12.1. The highest BCUT2D eigenvalue weighted by molar-refractivity contribution is 5.89. The van der Waals surface area contributed by atoms with E-state index in [0.717, 1.165) is 6.42 Å². The summed E-state index contributed by atoms with van der Waals surface area (Å²) in [5.41, 5.74) is 0.512. The molecular weight excluding hydrogens is 220 g/mol. The Hall–Kier alpha value is -1.39. The first-order valence-corrected chi connectivity index (χ1v) is 5.79. The highest BCUT2D eigenvalue weighted by Gasteiger charge is 2.25. The van der Waals surface area contributed by atoms with Gasteiger partial charge >= 0.3 is 5.97 Å². The SMILES string of the molecule is O=C(OC[C@H]1OCCC[C@@H]1O)c1ccccc1. The Labute approximate surface area is 100 Å². The second-order valence-electron chi connectivity index (χ2n) is 4.08. The minimum absolute atomic E-state index is 0.106. The fourth-order valence-corrected chi connectivity index (χ4v) is 1.80. The maximum absolute atomic E-state index is 11.6. The van der Waals surface area contributed by atoms with E-state index in [1.807, 2.05) is 6.07 Å². The van der Waals surface area contributed by atoms with Gasteiger partial charge in [-0.2, -0.15) is 0 Å². The first-order chi connectivity index (χ1) is 8.27. The summed E-state index contributed by atoms with van der Waals surface area (Å²) in [6.07, 6.45) is 0.626. The van der Waals surface area contributed by atoms with Gasteiger partial charge in [-0.15, -0.1) is 0 Å². The third-order valence-corrected chi connectivity index (χ3v) is 2.79. The quantitative estimate of drug-likeness (QED) is 0.806. The smallest absolute Gasteiger partial charge is 0.338 e. The highest BCUT2D eigenvalue weighted by atomic mass is 16.6. The van der Waals surface area contributed by atoms with E-state index in [1.165, 1.54) is 0 Å². The Kier molecular flexibility index (Phi) is 4.12. The van der Waals surface area contributed by atoms with Gasteiger partial charge in [0, 0.05) is 6.61 Å². The van der Waals surface area contributed by atoms with Crippen molar-refractivity contribution in [1.29, 1.82) is 0 Å². The van der Waals surface area contributed by atoms with Crippen LogP contribution in [0.4, 0.5) is 0 Å². The van der Waals surface area contributed by atoms with Crippen molar-refractivity contribution in [3.8, 4) is 0 Å². The van der Waals surface area contributed by atoms with E-state index in [4.69, 9.17) is 9.47 Å². The molecule has 1 aliphatic heterocycles. The second kappa shape index (κ2) is 5.80. The molecule has 4 heteroatoms. The van der Waals surface area contributed by atoms with Gasteiger partial charge in [-0.1, -0.05) is 18.2 Å².